The van der Waals surface area contributed by atoms with Crippen molar-refractivity contribution in [2.45, 2.75) is 52.2 Å². The summed E-state index contributed by atoms with van der Waals surface area (Å²) >= 11 is 1.61. The van der Waals surface area contributed by atoms with Crippen LogP contribution in [-0.4, -0.2) is 17.6 Å². The number of hydrogen-bond donors (Lipinski definition) is 2. The summed E-state index contributed by atoms with van der Waals surface area (Å²) < 4.78 is 5.38. The minimum atomic E-state index is -0.206. The van der Waals surface area contributed by atoms with Crippen LogP contribution in [0.4, 0.5) is 9.93 Å². The molecule has 0 bridgehead atoms. The summed E-state index contributed by atoms with van der Waals surface area (Å²) in [7, 11) is 0. The number of urea groups is 1. The van der Waals surface area contributed by atoms with Gasteiger partial charge in [0.2, 0.25) is 0 Å². The molecule has 1 aromatic heterocycles. The Balaban J connectivity index is 1.48. The Morgan fingerprint density at radius 3 is 2.72 bits per heavy atom. The van der Waals surface area contributed by atoms with Gasteiger partial charge in [-0.05, 0) is 43.7 Å². The maximum Gasteiger partial charge on any atom is 0.321 e. The number of hydrogen-bond acceptors (Lipinski definition) is 4. The van der Waals surface area contributed by atoms with Gasteiger partial charge in [0, 0.05) is 18.0 Å². The number of anilines is 1. The second kappa shape index (κ2) is 8.97. The fourth-order valence-corrected chi connectivity index (χ4v) is 3.92. The standard InChI is InChI=1S/C19H25N3O2S/c1-2-24-13-15-10-8-14(9-11-15)12-20-18(23)22-19-21-16-6-4-3-5-7-17(16)25-19/h8-11H,2-7,12-13H2,1H3,(H2,20,21,22,23). The number of ether oxygens (including phenoxy) is 1. The summed E-state index contributed by atoms with van der Waals surface area (Å²) in [6.45, 7) is 3.81. The van der Waals surface area contributed by atoms with Gasteiger partial charge in [-0.1, -0.05) is 30.7 Å². The van der Waals surface area contributed by atoms with E-state index < -0.39 is 0 Å². The Labute approximate surface area is 152 Å². The molecule has 0 radical (unpaired) electrons. The number of carbonyl (C=O) groups is 1. The van der Waals surface area contributed by atoms with E-state index in [0.717, 1.165) is 24.0 Å². The number of carbonyl (C=O) groups excluding carboxylic acids is 1. The largest absolute Gasteiger partial charge is 0.377 e. The first kappa shape index (κ1) is 17.9. The van der Waals surface area contributed by atoms with Crippen LogP contribution in [0.3, 0.4) is 0 Å². The van der Waals surface area contributed by atoms with Crippen molar-refractivity contribution in [2.24, 2.45) is 0 Å². The molecular formula is C19H25N3O2S. The zero-order valence-electron chi connectivity index (χ0n) is 14.6. The normalized spacial score (nSPS) is 13.8. The molecular weight excluding hydrogens is 334 g/mol. The van der Waals surface area contributed by atoms with Crippen LogP contribution in [-0.2, 0) is 30.7 Å². The van der Waals surface area contributed by atoms with E-state index in [1.807, 2.05) is 31.2 Å². The van der Waals surface area contributed by atoms with Crippen molar-refractivity contribution in [3.8, 4) is 0 Å². The third kappa shape index (κ3) is 5.28. The molecule has 6 heteroatoms. The monoisotopic (exact) mass is 359 g/mol. The van der Waals surface area contributed by atoms with Gasteiger partial charge in [-0.25, -0.2) is 9.78 Å². The molecule has 2 aromatic rings. The highest BCUT2D eigenvalue weighted by molar-refractivity contribution is 7.15. The molecule has 1 aliphatic carbocycles. The predicted octanol–water partition coefficient (Wildman–Crippen LogP) is 4.27. The summed E-state index contributed by atoms with van der Waals surface area (Å²) in [5.41, 5.74) is 3.37. The number of fused-ring (bicyclic) bond motifs is 1. The molecule has 0 aliphatic heterocycles. The van der Waals surface area contributed by atoms with E-state index >= 15 is 0 Å². The van der Waals surface area contributed by atoms with E-state index in [9.17, 15) is 4.79 Å². The van der Waals surface area contributed by atoms with Crippen molar-refractivity contribution in [3.63, 3.8) is 0 Å². The molecule has 0 saturated heterocycles. The first-order valence-electron chi connectivity index (χ1n) is 8.93. The number of nitrogens with one attached hydrogen (secondary N) is 2. The molecule has 1 heterocycles. The number of amides is 2. The lowest BCUT2D eigenvalue weighted by molar-refractivity contribution is 0.134. The molecule has 0 unspecified atom stereocenters. The molecule has 25 heavy (non-hydrogen) atoms. The second-order valence-corrected chi connectivity index (χ2v) is 7.29. The maximum atomic E-state index is 12.1. The van der Waals surface area contributed by atoms with Crippen molar-refractivity contribution in [2.75, 3.05) is 11.9 Å². The Bertz CT molecular complexity index is 674. The SMILES string of the molecule is CCOCc1ccc(CNC(=O)Nc2nc3c(s2)CCCCC3)cc1. The van der Waals surface area contributed by atoms with E-state index in [1.165, 1.54) is 29.8 Å². The highest BCUT2D eigenvalue weighted by Gasteiger charge is 2.15. The zero-order valence-corrected chi connectivity index (χ0v) is 15.5. The van der Waals surface area contributed by atoms with Crippen LogP contribution in [0.2, 0.25) is 0 Å². The van der Waals surface area contributed by atoms with Gasteiger partial charge >= 0.3 is 6.03 Å². The summed E-state index contributed by atoms with van der Waals surface area (Å²) in [5, 5.41) is 6.46. The van der Waals surface area contributed by atoms with E-state index in [-0.39, 0.29) is 6.03 Å². The van der Waals surface area contributed by atoms with Gasteiger partial charge < -0.3 is 10.1 Å². The lowest BCUT2D eigenvalue weighted by Crippen LogP contribution is -2.28. The highest BCUT2D eigenvalue weighted by atomic mass is 32.1. The number of nitrogens with zero attached hydrogens (tertiary/aromatic N) is 1. The summed E-state index contributed by atoms with van der Waals surface area (Å²) in [6.07, 6.45) is 5.81. The van der Waals surface area contributed by atoms with Gasteiger partial charge in [-0.2, -0.15) is 0 Å². The Kier molecular flexibility index (Phi) is 6.42. The lowest BCUT2D eigenvalue weighted by Gasteiger charge is -2.07. The van der Waals surface area contributed by atoms with Crippen molar-refractivity contribution in [3.05, 3.63) is 46.0 Å². The fourth-order valence-electron chi connectivity index (χ4n) is 2.88. The van der Waals surface area contributed by atoms with E-state index in [4.69, 9.17) is 4.74 Å². The number of thiazole rings is 1. The molecule has 2 N–H and O–H groups in total. The molecule has 1 aromatic carbocycles. The molecule has 3 rings (SSSR count). The average Bonchev–Trinajstić information content (AvgIpc) is 2.87. The lowest BCUT2D eigenvalue weighted by atomic mass is 10.1. The second-order valence-electron chi connectivity index (χ2n) is 6.21. The molecule has 0 spiro atoms. The van der Waals surface area contributed by atoms with Gasteiger partial charge in [-0.3, -0.25) is 5.32 Å². The average molecular weight is 359 g/mol. The topological polar surface area (TPSA) is 63.2 Å². The molecule has 134 valence electrons. The Morgan fingerprint density at radius 2 is 1.92 bits per heavy atom. The van der Waals surface area contributed by atoms with Crippen LogP contribution in [0.1, 0.15) is 47.9 Å². The van der Waals surface area contributed by atoms with Gasteiger partial charge in [0.15, 0.2) is 5.13 Å². The van der Waals surface area contributed by atoms with Crippen LogP contribution in [0.5, 0.6) is 0 Å². The van der Waals surface area contributed by atoms with Crippen molar-refractivity contribution in [1.82, 2.24) is 10.3 Å². The van der Waals surface area contributed by atoms with Crippen LogP contribution in [0.25, 0.3) is 0 Å². The van der Waals surface area contributed by atoms with Gasteiger partial charge in [-0.15, -0.1) is 11.3 Å². The minimum absolute atomic E-state index is 0.206. The summed E-state index contributed by atoms with van der Waals surface area (Å²) in [4.78, 5) is 18.0. The Hall–Kier alpha value is -1.92. The third-order valence-electron chi connectivity index (χ3n) is 4.27. The number of benzene rings is 1. The molecule has 0 fully saturated rings. The molecule has 2 amide bonds. The number of aryl methyl sites for hydroxylation is 2. The molecule has 0 atom stereocenters. The third-order valence-corrected chi connectivity index (χ3v) is 5.34. The van der Waals surface area contributed by atoms with E-state index in [0.29, 0.717) is 24.9 Å². The van der Waals surface area contributed by atoms with Gasteiger partial charge in [0.1, 0.15) is 0 Å². The van der Waals surface area contributed by atoms with Crippen molar-refractivity contribution >= 4 is 22.5 Å². The van der Waals surface area contributed by atoms with Gasteiger partial charge in [0.25, 0.3) is 0 Å². The van der Waals surface area contributed by atoms with Crippen LogP contribution < -0.4 is 10.6 Å². The fraction of sp³-hybridized carbons (Fsp3) is 0.474. The predicted molar refractivity (Wildman–Crippen MR) is 101 cm³/mol. The Morgan fingerprint density at radius 1 is 1.16 bits per heavy atom. The van der Waals surface area contributed by atoms with Crippen LogP contribution in [0.15, 0.2) is 24.3 Å². The molecule has 5 nitrogen and oxygen atoms in total. The first-order valence-corrected chi connectivity index (χ1v) is 9.75. The molecule has 0 saturated carbocycles. The summed E-state index contributed by atoms with van der Waals surface area (Å²) in [6, 6.07) is 7.88. The first-order chi connectivity index (χ1) is 12.2. The van der Waals surface area contributed by atoms with E-state index in [1.54, 1.807) is 11.3 Å². The van der Waals surface area contributed by atoms with Crippen LogP contribution in [0, 0.1) is 0 Å². The van der Waals surface area contributed by atoms with Gasteiger partial charge in [0.05, 0.1) is 12.3 Å². The molecule has 1 aliphatic rings. The van der Waals surface area contributed by atoms with E-state index in [2.05, 4.69) is 15.6 Å². The highest BCUT2D eigenvalue weighted by Crippen LogP contribution is 2.28. The smallest absolute Gasteiger partial charge is 0.321 e. The summed E-state index contributed by atoms with van der Waals surface area (Å²) in [5.74, 6) is 0. The van der Waals surface area contributed by atoms with Crippen molar-refractivity contribution < 1.29 is 9.53 Å². The van der Waals surface area contributed by atoms with Crippen LogP contribution >= 0.6 is 11.3 Å². The quantitative estimate of drug-likeness (QED) is 0.757. The maximum absolute atomic E-state index is 12.1. The van der Waals surface area contributed by atoms with Crippen molar-refractivity contribution in [1.29, 1.82) is 0 Å². The number of aromatic nitrogens is 1. The minimum Gasteiger partial charge on any atom is -0.377 e. The number of rotatable bonds is 6. The zero-order chi connectivity index (χ0) is 17.5.